The van der Waals surface area contributed by atoms with Crippen LogP contribution >= 0.6 is 0 Å². The maximum Gasteiger partial charge on any atom is 0.131 e. The van der Waals surface area contributed by atoms with Crippen molar-refractivity contribution in [1.82, 2.24) is 0 Å². The van der Waals surface area contributed by atoms with Crippen LogP contribution in [0.1, 0.15) is 17.2 Å². The van der Waals surface area contributed by atoms with Gasteiger partial charge in [-0.25, -0.2) is 8.78 Å². The number of nitrogens with two attached hydrogens (primary N) is 1. The van der Waals surface area contributed by atoms with E-state index in [2.05, 4.69) is 0 Å². The van der Waals surface area contributed by atoms with Gasteiger partial charge in [0.15, 0.2) is 0 Å². The van der Waals surface area contributed by atoms with Crippen molar-refractivity contribution >= 4 is 0 Å². The molecule has 0 fully saturated rings. The molecule has 1 aromatic rings. The van der Waals surface area contributed by atoms with Crippen molar-refractivity contribution in [3.05, 3.63) is 34.9 Å². The molecule has 13 heavy (non-hydrogen) atoms. The summed E-state index contributed by atoms with van der Waals surface area (Å²) in [5, 5.41) is 8.65. The van der Waals surface area contributed by atoms with Crippen LogP contribution in [-0.4, -0.2) is 11.7 Å². The molecule has 0 spiro atoms. The van der Waals surface area contributed by atoms with Crippen molar-refractivity contribution in [2.24, 2.45) is 5.73 Å². The lowest BCUT2D eigenvalue weighted by Gasteiger charge is -2.11. The molecule has 4 heteroatoms. The van der Waals surface area contributed by atoms with Crippen molar-refractivity contribution in [1.29, 1.82) is 0 Å². The molecule has 0 aromatic heterocycles. The smallest absolute Gasteiger partial charge is 0.131 e. The molecule has 0 bridgehead atoms. The van der Waals surface area contributed by atoms with Gasteiger partial charge in [0.25, 0.3) is 0 Å². The molecule has 72 valence electrons. The third kappa shape index (κ3) is 2.02. The Balaban J connectivity index is 3.20. The molecular weight excluding hydrogens is 176 g/mol. The molecule has 0 radical (unpaired) electrons. The van der Waals surface area contributed by atoms with Crippen LogP contribution in [0.5, 0.6) is 0 Å². The van der Waals surface area contributed by atoms with Crippen LogP contribution < -0.4 is 5.73 Å². The average molecular weight is 187 g/mol. The van der Waals surface area contributed by atoms with Gasteiger partial charge in [0.2, 0.25) is 0 Å². The number of benzene rings is 1. The van der Waals surface area contributed by atoms with Crippen LogP contribution in [0.4, 0.5) is 8.78 Å². The van der Waals surface area contributed by atoms with Gasteiger partial charge in [0, 0.05) is 5.56 Å². The third-order valence-electron chi connectivity index (χ3n) is 1.79. The number of rotatable bonds is 2. The van der Waals surface area contributed by atoms with Crippen LogP contribution in [0.25, 0.3) is 0 Å². The maximum absolute atomic E-state index is 13.1. The fourth-order valence-electron chi connectivity index (χ4n) is 1.16. The Morgan fingerprint density at radius 3 is 2.23 bits per heavy atom. The molecule has 0 unspecified atom stereocenters. The zero-order valence-corrected chi connectivity index (χ0v) is 7.22. The predicted molar refractivity (Wildman–Crippen MR) is 45.1 cm³/mol. The van der Waals surface area contributed by atoms with E-state index in [-0.39, 0.29) is 5.56 Å². The SMILES string of the molecule is Cc1cc(F)c([C@@H](N)CO)c(F)c1. The zero-order valence-electron chi connectivity index (χ0n) is 7.22. The minimum Gasteiger partial charge on any atom is -0.394 e. The molecule has 2 nitrogen and oxygen atoms in total. The van der Waals surface area contributed by atoms with E-state index in [0.717, 1.165) is 0 Å². The molecule has 0 aliphatic rings. The third-order valence-corrected chi connectivity index (χ3v) is 1.79. The van der Waals surface area contributed by atoms with E-state index in [1.54, 1.807) is 6.92 Å². The molecule has 0 saturated heterocycles. The molecular formula is C9H11F2NO. The van der Waals surface area contributed by atoms with Crippen molar-refractivity contribution in [3.8, 4) is 0 Å². The fraction of sp³-hybridized carbons (Fsp3) is 0.333. The first-order valence-corrected chi connectivity index (χ1v) is 3.88. The lowest BCUT2D eigenvalue weighted by atomic mass is 10.0. The highest BCUT2D eigenvalue weighted by atomic mass is 19.1. The maximum atomic E-state index is 13.1. The number of hydrogen-bond donors (Lipinski definition) is 2. The second-order valence-electron chi connectivity index (χ2n) is 2.93. The van der Waals surface area contributed by atoms with Gasteiger partial charge in [-0.1, -0.05) is 0 Å². The summed E-state index contributed by atoms with van der Waals surface area (Å²) in [6, 6.07) is 1.38. The Morgan fingerprint density at radius 2 is 1.85 bits per heavy atom. The Labute approximate surface area is 75.0 Å². The van der Waals surface area contributed by atoms with E-state index in [1.807, 2.05) is 0 Å². The summed E-state index contributed by atoms with van der Waals surface area (Å²) in [6.07, 6.45) is 0. The number of aliphatic hydroxyl groups is 1. The molecule has 3 N–H and O–H groups in total. The normalized spacial score (nSPS) is 13.0. The second kappa shape index (κ2) is 3.81. The average Bonchev–Trinajstić information content (AvgIpc) is 2.02. The first-order chi connectivity index (χ1) is 6.06. The first kappa shape index (κ1) is 10.1. The van der Waals surface area contributed by atoms with Gasteiger partial charge in [-0.3, -0.25) is 0 Å². The summed E-state index contributed by atoms with van der Waals surface area (Å²) in [7, 11) is 0. The summed E-state index contributed by atoms with van der Waals surface area (Å²) in [6.45, 7) is 1.11. The van der Waals surface area contributed by atoms with Gasteiger partial charge in [-0.05, 0) is 24.6 Å². The lowest BCUT2D eigenvalue weighted by molar-refractivity contribution is 0.262. The van der Waals surface area contributed by atoms with E-state index in [9.17, 15) is 8.78 Å². The monoisotopic (exact) mass is 187 g/mol. The summed E-state index contributed by atoms with van der Waals surface area (Å²) < 4.78 is 26.2. The van der Waals surface area contributed by atoms with Crippen LogP contribution in [0.2, 0.25) is 0 Å². The van der Waals surface area contributed by atoms with Gasteiger partial charge in [0.05, 0.1) is 12.6 Å². The zero-order chi connectivity index (χ0) is 10.0. The Kier molecular flexibility index (Phi) is 2.95. The number of hydrogen-bond acceptors (Lipinski definition) is 2. The molecule has 0 aliphatic heterocycles. The van der Waals surface area contributed by atoms with Crippen LogP contribution in [0, 0.1) is 18.6 Å². The van der Waals surface area contributed by atoms with Crippen LogP contribution in [-0.2, 0) is 0 Å². The van der Waals surface area contributed by atoms with Gasteiger partial charge in [-0.2, -0.15) is 0 Å². The van der Waals surface area contributed by atoms with E-state index in [4.69, 9.17) is 10.8 Å². The highest BCUT2D eigenvalue weighted by molar-refractivity contribution is 5.27. The Bertz CT molecular complexity index is 291. The van der Waals surface area contributed by atoms with Gasteiger partial charge in [-0.15, -0.1) is 0 Å². The summed E-state index contributed by atoms with van der Waals surface area (Å²) in [5.41, 5.74) is 5.55. The number of aliphatic hydroxyl groups excluding tert-OH is 1. The fourth-order valence-corrected chi connectivity index (χ4v) is 1.16. The summed E-state index contributed by atoms with van der Waals surface area (Å²) >= 11 is 0. The molecule has 0 aliphatic carbocycles. The van der Waals surface area contributed by atoms with E-state index < -0.39 is 24.3 Å². The Hall–Kier alpha value is -1.00. The van der Waals surface area contributed by atoms with E-state index >= 15 is 0 Å². The number of halogens is 2. The largest absolute Gasteiger partial charge is 0.394 e. The predicted octanol–water partition coefficient (Wildman–Crippen LogP) is 1.27. The number of aryl methyl sites for hydroxylation is 1. The minimum atomic E-state index is -0.999. The molecule has 0 amide bonds. The van der Waals surface area contributed by atoms with Crippen molar-refractivity contribution in [2.45, 2.75) is 13.0 Å². The first-order valence-electron chi connectivity index (χ1n) is 3.88. The van der Waals surface area contributed by atoms with E-state index in [1.165, 1.54) is 12.1 Å². The van der Waals surface area contributed by atoms with Gasteiger partial charge < -0.3 is 10.8 Å². The van der Waals surface area contributed by atoms with Crippen LogP contribution in [0.15, 0.2) is 12.1 Å². The summed E-state index contributed by atoms with van der Waals surface area (Å²) in [5.74, 6) is -1.42. The summed E-state index contributed by atoms with van der Waals surface area (Å²) in [4.78, 5) is 0. The molecule has 1 rings (SSSR count). The molecule has 1 atom stereocenters. The highest BCUT2D eigenvalue weighted by Crippen LogP contribution is 2.20. The van der Waals surface area contributed by atoms with Crippen molar-refractivity contribution in [3.63, 3.8) is 0 Å². The Morgan fingerprint density at radius 1 is 1.38 bits per heavy atom. The molecule has 0 heterocycles. The topological polar surface area (TPSA) is 46.2 Å². The second-order valence-corrected chi connectivity index (χ2v) is 2.93. The van der Waals surface area contributed by atoms with Crippen molar-refractivity contribution < 1.29 is 13.9 Å². The quantitative estimate of drug-likeness (QED) is 0.732. The lowest BCUT2D eigenvalue weighted by Crippen LogP contribution is -2.18. The van der Waals surface area contributed by atoms with Crippen molar-refractivity contribution in [2.75, 3.05) is 6.61 Å². The van der Waals surface area contributed by atoms with Crippen LogP contribution in [0.3, 0.4) is 0 Å². The van der Waals surface area contributed by atoms with Gasteiger partial charge in [0.1, 0.15) is 11.6 Å². The molecule has 0 saturated carbocycles. The highest BCUT2D eigenvalue weighted by Gasteiger charge is 2.16. The van der Waals surface area contributed by atoms with E-state index in [0.29, 0.717) is 5.56 Å². The molecule has 1 aromatic carbocycles. The minimum absolute atomic E-state index is 0.256. The standard InChI is InChI=1S/C9H11F2NO/c1-5-2-6(10)9(7(11)3-5)8(12)4-13/h2-3,8,13H,4,12H2,1H3/t8-/m0/s1. The van der Waals surface area contributed by atoms with Gasteiger partial charge >= 0.3 is 0 Å².